The van der Waals surface area contributed by atoms with E-state index in [-0.39, 0.29) is 30.5 Å². The van der Waals surface area contributed by atoms with Crippen molar-refractivity contribution in [2.75, 3.05) is 30.9 Å². The quantitative estimate of drug-likeness (QED) is 0.527. The lowest BCUT2D eigenvalue weighted by molar-refractivity contribution is 0.0982. The van der Waals surface area contributed by atoms with Gasteiger partial charge in [-0.05, 0) is 43.0 Å². The number of nitrogen functional groups attached to an aromatic ring is 1. The summed E-state index contributed by atoms with van der Waals surface area (Å²) in [5, 5.41) is 0. The molecule has 0 saturated carbocycles. The average molecular weight is 437 g/mol. The van der Waals surface area contributed by atoms with Crippen LogP contribution in [0.3, 0.4) is 0 Å². The lowest BCUT2D eigenvalue weighted by atomic mass is 10.0. The molecular formula is C24H28N4O4. The number of H-pyrrole nitrogens is 1. The lowest BCUT2D eigenvalue weighted by Gasteiger charge is -2.25. The first-order valence-electron chi connectivity index (χ1n) is 10.4. The van der Waals surface area contributed by atoms with Gasteiger partial charge < -0.3 is 15.4 Å². The molecule has 168 valence electrons. The molecule has 8 heteroatoms. The zero-order chi connectivity index (χ0) is 23.3. The van der Waals surface area contributed by atoms with Crippen LogP contribution in [0.4, 0.5) is 11.5 Å². The van der Waals surface area contributed by atoms with Gasteiger partial charge in [0.05, 0.1) is 6.54 Å². The van der Waals surface area contributed by atoms with Crippen molar-refractivity contribution < 1.29 is 9.53 Å². The van der Waals surface area contributed by atoms with Crippen molar-refractivity contribution in [2.24, 2.45) is 0 Å². The third-order valence-corrected chi connectivity index (χ3v) is 5.48. The van der Waals surface area contributed by atoms with Gasteiger partial charge in [-0.2, -0.15) is 0 Å². The van der Waals surface area contributed by atoms with Crippen molar-refractivity contribution >= 4 is 17.4 Å². The van der Waals surface area contributed by atoms with Crippen LogP contribution in [0.1, 0.15) is 33.5 Å². The Morgan fingerprint density at radius 3 is 2.50 bits per heavy atom. The smallest absolute Gasteiger partial charge is 0.330 e. The van der Waals surface area contributed by atoms with Gasteiger partial charge in [0, 0.05) is 25.8 Å². The zero-order valence-electron chi connectivity index (χ0n) is 18.6. The molecule has 0 radical (unpaired) electrons. The van der Waals surface area contributed by atoms with Gasteiger partial charge in [0.2, 0.25) is 0 Å². The number of hydrogen-bond donors (Lipinski definition) is 2. The Morgan fingerprint density at radius 2 is 1.81 bits per heavy atom. The number of nitrogens with two attached hydrogens (primary N) is 1. The molecule has 0 aliphatic heterocycles. The van der Waals surface area contributed by atoms with E-state index in [0.29, 0.717) is 18.6 Å². The minimum absolute atomic E-state index is 0.0393. The van der Waals surface area contributed by atoms with Crippen molar-refractivity contribution in [1.82, 2.24) is 9.55 Å². The maximum Gasteiger partial charge on any atom is 0.330 e. The molecule has 8 nitrogen and oxygen atoms in total. The summed E-state index contributed by atoms with van der Waals surface area (Å²) in [4.78, 5) is 42.6. The molecule has 0 aliphatic carbocycles. The summed E-state index contributed by atoms with van der Waals surface area (Å²) in [5.41, 5.74) is 8.07. The number of aromatic nitrogens is 2. The first-order chi connectivity index (χ1) is 15.3. The standard InChI is InChI=1S/C24H28N4O4/c1-16-9-7-12-19(17(16)2)23(30)27(13-8-14-32-3)20-21(25)28(24(31)26-22(20)29)15-18-10-5-4-6-11-18/h4-7,9-12H,8,13-15,25H2,1-3H3,(H,26,29,31). The summed E-state index contributed by atoms with van der Waals surface area (Å²) < 4.78 is 6.40. The molecule has 32 heavy (non-hydrogen) atoms. The number of benzene rings is 2. The SMILES string of the molecule is COCCCN(C(=O)c1cccc(C)c1C)c1c(N)n(Cc2ccccc2)c(=O)[nH]c1=O. The number of carbonyl (C=O) groups excluding carboxylic acids is 1. The molecule has 1 aromatic heterocycles. The van der Waals surface area contributed by atoms with E-state index in [1.165, 1.54) is 9.47 Å². The van der Waals surface area contributed by atoms with Crippen molar-refractivity contribution in [3.05, 3.63) is 91.6 Å². The molecule has 0 atom stereocenters. The van der Waals surface area contributed by atoms with E-state index in [9.17, 15) is 14.4 Å². The van der Waals surface area contributed by atoms with Gasteiger partial charge in [-0.25, -0.2) is 4.79 Å². The van der Waals surface area contributed by atoms with Crippen LogP contribution in [-0.2, 0) is 11.3 Å². The molecular weight excluding hydrogens is 408 g/mol. The van der Waals surface area contributed by atoms with Gasteiger partial charge >= 0.3 is 5.69 Å². The number of nitrogens with one attached hydrogen (secondary N) is 1. The van der Waals surface area contributed by atoms with Gasteiger partial charge in [0.25, 0.3) is 11.5 Å². The largest absolute Gasteiger partial charge is 0.385 e. The van der Waals surface area contributed by atoms with Gasteiger partial charge in [-0.3, -0.25) is 19.1 Å². The highest BCUT2D eigenvalue weighted by Crippen LogP contribution is 2.23. The Hall–Kier alpha value is -3.65. The maximum absolute atomic E-state index is 13.6. The van der Waals surface area contributed by atoms with Crippen molar-refractivity contribution in [3.8, 4) is 0 Å². The molecule has 3 rings (SSSR count). The maximum atomic E-state index is 13.6. The van der Waals surface area contributed by atoms with E-state index in [1.807, 2.05) is 50.2 Å². The third-order valence-electron chi connectivity index (χ3n) is 5.48. The summed E-state index contributed by atoms with van der Waals surface area (Å²) in [5.74, 6) is -0.414. The summed E-state index contributed by atoms with van der Waals surface area (Å²) in [6, 6.07) is 14.7. The van der Waals surface area contributed by atoms with E-state index in [2.05, 4.69) is 4.98 Å². The molecule has 0 unspecified atom stereocenters. The minimum Gasteiger partial charge on any atom is -0.385 e. The first kappa shape index (κ1) is 23.0. The van der Waals surface area contributed by atoms with E-state index in [1.54, 1.807) is 19.2 Å². The average Bonchev–Trinajstić information content (AvgIpc) is 2.77. The molecule has 0 saturated heterocycles. The Kier molecular flexibility index (Phi) is 7.27. The fourth-order valence-corrected chi connectivity index (χ4v) is 3.57. The van der Waals surface area contributed by atoms with Crippen molar-refractivity contribution in [2.45, 2.75) is 26.8 Å². The molecule has 1 amide bonds. The molecule has 2 aromatic carbocycles. The Balaban J connectivity index is 2.12. The molecule has 0 spiro atoms. The Labute approximate surface area is 186 Å². The van der Waals surface area contributed by atoms with Crippen LogP contribution < -0.4 is 21.9 Å². The van der Waals surface area contributed by atoms with E-state index in [0.717, 1.165) is 16.7 Å². The molecule has 0 bridgehead atoms. The van der Waals surface area contributed by atoms with Crippen LogP contribution in [0.15, 0.2) is 58.1 Å². The minimum atomic E-state index is -0.701. The van der Waals surface area contributed by atoms with E-state index >= 15 is 0 Å². The number of aryl methyl sites for hydroxylation is 1. The van der Waals surface area contributed by atoms with Crippen LogP contribution >= 0.6 is 0 Å². The van der Waals surface area contributed by atoms with Crippen LogP contribution in [0.2, 0.25) is 0 Å². The van der Waals surface area contributed by atoms with Crippen LogP contribution in [0.5, 0.6) is 0 Å². The Bertz CT molecular complexity index is 1210. The van der Waals surface area contributed by atoms with E-state index in [4.69, 9.17) is 10.5 Å². The van der Waals surface area contributed by atoms with Crippen LogP contribution in [0.25, 0.3) is 0 Å². The summed E-state index contributed by atoms with van der Waals surface area (Å²) in [7, 11) is 1.57. The predicted octanol–water partition coefficient (Wildman–Crippen LogP) is 2.47. The normalized spacial score (nSPS) is 10.8. The number of amides is 1. The highest BCUT2D eigenvalue weighted by atomic mass is 16.5. The van der Waals surface area contributed by atoms with Crippen molar-refractivity contribution in [1.29, 1.82) is 0 Å². The number of hydrogen-bond acceptors (Lipinski definition) is 5. The molecule has 1 heterocycles. The highest BCUT2D eigenvalue weighted by molar-refractivity contribution is 6.08. The van der Waals surface area contributed by atoms with Gasteiger partial charge in [-0.15, -0.1) is 0 Å². The highest BCUT2D eigenvalue weighted by Gasteiger charge is 2.26. The number of ether oxygens (including phenoxy) is 1. The van der Waals surface area contributed by atoms with E-state index < -0.39 is 11.2 Å². The summed E-state index contributed by atoms with van der Waals surface area (Å²) in [6.45, 7) is 4.55. The third kappa shape index (κ3) is 4.81. The Morgan fingerprint density at radius 1 is 1.09 bits per heavy atom. The summed E-state index contributed by atoms with van der Waals surface area (Å²) in [6.07, 6.45) is 0.490. The molecule has 3 N–H and O–H groups in total. The molecule has 0 fully saturated rings. The second-order valence-corrected chi connectivity index (χ2v) is 7.62. The fraction of sp³-hybridized carbons (Fsp3) is 0.292. The number of carbonyl (C=O) groups is 1. The predicted molar refractivity (Wildman–Crippen MR) is 125 cm³/mol. The lowest BCUT2D eigenvalue weighted by Crippen LogP contribution is -2.42. The monoisotopic (exact) mass is 436 g/mol. The summed E-state index contributed by atoms with van der Waals surface area (Å²) >= 11 is 0. The number of rotatable bonds is 8. The van der Waals surface area contributed by atoms with Crippen LogP contribution in [0, 0.1) is 13.8 Å². The fourth-order valence-electron chi connectivity index (χ4n) is 3.57. The van der Waals surface area contributed by atoms with Gasteiger partial charge in [0.15, 0.2) is 5.69 Å². The number of methoxy groups -OCH3 is 1. The molecule has 0 aliphatic rings. The van der Waals surface area contributed by atoms with Gasteiger partial charge in [-0.1, -0.05) is 42.5 Å². The first-order valence-corrected chi connectivity index (χ1v) is 10.4. The zero-order valence-corrected chi connectivity index (χ0v) is 18.6. The van der Waals surface area contributed by atoms with Crippen LogP contribution in [-0.4, -0.2) is 35.7 Å². The number of nitrogens with zero attached hydrogens (tertiary/aromatic N) is 2. The number of aromatic amines is 1. The van der Waals surface area contributed by atoms with Crippen molar-refractivity contribution in [3.63, 3.8) is 0 Å². The second-order valence-electron chi connectivity index (χ2n) is 7.62. The second kappa shape index (κ2) is 10.1. The molecule has 3 aromatic rings. The number of anilines is 2. The topological polar surface area (TPSA) is 110 Å². The van der Waals surface area contributed by atoms with Gasteiger partial charge in [0.1, 0.15) is 5.82 Å².